The zero-order chi connectivity index (χ0) is 16.3. The summed E-state index contributed by atoms with van der Waals surface area (Å²) in [5.74, 6) is -0.665. The smallest absolute Gasteiger partial charge is 0.303 e. The fourth-order valence-corrected chi connectivity index (χ4v) is 2.46. The van der Waals surface area contributed by atoms with Crippen LogP contribution in [0.1, 0.15) is 96.8 Å². The number of unbranched alkanes of at least 4 members (excludes halogenated alkanes) is 11. The van der Waals surface area contributed by atoms with Gasteiger partial charge in [-0.3, -0.25) is 4.79 Å². The molecule has 0 atom stereocenters. The first-order chi connectivity index (χ1) is 10.8. The molecule has 0 saturated heterocycles. The average Bonchev–Trinajstić information content (AvgIpc) is 2.50. The minimum absolute atomic E-state index is 0.330. The van der Waals surface area contributed by atoms with Gasteiger partial charge < -0.3 is 5.11 Å². The Kier molecular flexibility index (Phi) is 17.1. The first kappa shape index (κ1) is 20.9. The molecule has 2 nitrogen and oxygen atoms in total. The largest absolute Gasteiger partial charge is 0.481 e. The van der Waals surface area contributed by atoms with Gasteiger partial charge in [-0.05, 0) is 32.1 Å². The molecule has 0 aliphatic carbocycles. The van der Waals surface area contributed by atoms with E-state index in [1.165, 1.54) is 70.6 Å². The topological polar surface area (TPSA) is 37.3 Å². The van der Waals surface area contributed by atoms with Gasteiger partial charge in [-0.25, -0.2) is 0 Å². The number of hydrogen-bond donors (Lipinski definition) is 1. The van der Waals surface area contributed by atoms with Gasteiger partial charge in [0, 0.05) is 6.42 Å². The second kappa shape index (κ2) is 18.0. The van der Waals surface area contributed by atoms with Crippen LogP contribution in [0.2, 0.25) is 0 Å². The minimum atomic E-state index is -0.665. The van der Waals surface area contributed by atoms with E-state index in [-0.39, 0.29) is 0 Å². The lowest BCUT2D eigenvalue weighted by atomic mass is 10.1. The number of rotatable bonds is 16. The van der Waals surface area contributed by atoms with Crippen molar-refractivity contribution < 1.29 is 9.90 Å². The molecule has 2 heteroatoms. The molecule has 0 unspecified atom stereocenters. The molecule has 0 radical (unpaired) electrons. The Morgan fingerprint density at radius 3 is 1.68 bits per heavy atom. The standard InChI is InChI=1S/C20H36O2/c1-2-3-4-5-6-7-8-9-10-11-12-13-14-15-16-17-18-19-20(21)22/h7-10H,2-6,11-19H2,1H3,(H,21,22)/b8-7+,10-9+. The Morgan fingerprint density at radius 1 is 0.727 bits per heavy atom. The third-order valence-electron chi connectivity index (χ3n) is 3.87. The van der Waals surface area contributed by atoms with Gasteiger partial charge in [0.1, 0.15) is 0 Å². The van der Waals surface area contributed by atoms with Crippen molar-refractivity contribution in [3.8, 4) is 0 Å². The SMILES string of the molecule is CCCCCC/C=C/C=C/CCCCCCCCCC(=O)O. The number of carbonyl (C=O) groups is 1. The summed E-state index contributed by atoms with van der Waals surface area (Å²) in [7, 11) is 0. The lowest BCUT2D eigenvalue weighted by Crippen LogP contribution is -1.93. The van der Waals surface area contributed by atoms with Gasteiger partial charge in [-0.15, -0.1) is 0 Å². The Hall–Kier alpha value is -1.05. The van der Waals surface area contributed by atoms with Crippen LogP contribution < -0.4 is 0 Å². The fraction of sp³-hybridized carbons (Fsp3) is 0.750. The van der Waals surface area contributed by atoms with Gasteiger partial charge in [0.05, 0.1) is 0 Å². The number of aliphatic carboxylic acids is 1. The molecule has 0 aliphatic rings. The van der Waals surface area contributed by atoms with Crippen LogP contribution in [0, 0.1) is 0 Å². The Morgan fingerprint density at radius 2 is 1.18 bits per heavy atom. The summed E-state index contributed by atoms with van der Waals surface area (Å²) in [4.78, 5) is 10.3. The van der Waals surface area contributed by atoms with Crippen LogP contribution in [0.3, 0.4) is 0 Å². The van der Waals surface area contributed by atoms with E-state index >= 15 is 0 Å². The molecular weight excluding hydrogens is 272 g/mol. The van der Waals surface area contributed by atoms with E-state index in [4.69, 9.17) is 5.11 Å². The maximum absolute atomic E-state index is 10.3. The van der Waals surface area contributed by atoms with Crippen LogP contribution in [-0.2, 0) is 4.79 Å². The van der Waals surface area contributed by atoms with Crippen molar-refractivity contribution >= 4 is 5.97 Å². The fourth-order valence-electron chi connectivity index (χ4n) is 2.46. The van der Waals surface area contributed by atoms with Gasteiger partial charge in [-0.2, -0.15) is 0 Å². The summed E-state index contributed by atoms with van der Waals surface area (Å²) >= 11 is 0. The van der Waals surface area contributed by atoms with Crippen molar-refractivity contribution in [3.05, 3.63) is 24.3 Å². The minimum Gasteiger partial charge on any atom is -0.481 e. The van der Waals surface area contributed by atoms with Crippen molar-refractivity contribution in [1.82, 2.24) is 0 Å². The zero-order valence-electron chi connectivity index (χ0n) is 14.6. The van der Waals surface area contributed by atoms with Crippen molar-refractivity contribution in [1.29, 1.82) is 0 Å². The van der Waals surface area contributed by atoms with E-state index in [9.17, 15) is 4.79 Å². The van der Waals surface area contributed by atoms with Crippen molar-refractivity contribution in [2.45, 2.75) is 96.8 Å². The molecule has 0 aromatic carbocycles. The van der Waals surface area contributed by atoms with E-state index in [0.29, 0.717) is 6.42 Å². The van der Waals surface area contributed by atoms with Crippen molar-refractivity contribution in [2.24, 2.45) is 0 Å². The van der Waals surface area contributed by atoms with Gasteiger partial charge >= 0.3 is 5.97 Å². The Bertz CT molecular complexity index is 292. The lowest BCUT2D eigenvalue weighted by molar-refractivity contribution is -0.137. The third kappa shape index (κ3) is 18.9. The van der Waals surface area contributed by atoms with E-state index in [1.807, 2.05) is 0 Å². The summed E-state index contributed by atoms with van der Waals surface area (Å²) in [6.45, 7) is 2.25. The maximum atomic E-state index is 10.3. The molecular formula is C20H36O2. The van der Waals surface area contributed by atoms with Crippen LogP contribution in [0.15, 0.2) is 24.3 Å². The molecule has 0 bridgehead atoms. The Labute approximate surface area is 137 Å². The summed E-state index contributed by atoms with van der Waals surface area (Å²) in [6.07, 6.45) is 25.2. The molecule has 0 heterocycles. The first-order valence-electron chi connectivity index (χ1n) is 9.30. The monoisotopic (exact) mass is 308 g/mol. The molecule has 0 aromatic rings. The number of hydrogen-bond acceptors (Lipinski definition) is 1. The summed E-state index contributed by atoms with van der Waals surface area (Å²) in [5, 5.41) is 8.53. The van der Waals surface area contributed by atoms with Crippen LogP contribution in [-0.4, -0.2) is 11.1 Å². The van der Waals surface area contributed by atoms with Crippen LogP contribution in [0.25, 0.3) is 0 Å². The van der Waals surface area contributed by atoms with Gasteiger partial charge in [0.15, 0.2) is 0 Å². The van der Waals surface area contributed by atoms with E-state index in [2.05, 4.69) is 31.2 Å². The molecule has 0 fully saturated rings. The predicted octanol–water partition coefficient (Wildman–Crippen LogP) is 6.66. The lowest BCUT2D eigenvalue weighted by Gasteiger charge is -2.00. The van der Waals surface area contributed by atoms with E-state index in [0.717, 1.165) is 12.8 Å². The predicted molar refractivity (Wildman–Crippen MR) is 96.2 cm³/mol. The summed E-state index contributed by atoms with van der Waals surface area (Å²) in [5.41, 5.74) is 0. The highest BCUT2D eigenvalue weighted by Crippen LogP contribution is 2.10. The normalized spacial score (nSPS) is 11.7. The molecule has 1 N–H and O–H groups in total. The molecule has 0 aliphatic heterocycles. The number of carboxylic acid groups (broad SMARTS) is 1. The molecule has 128 valence electrons. The van der Waals surface area contributed by atoms with Crippen molar-refractivity contribution in [2.75, 3.05) is 0 Å². The van der Waals surface area contributed by atoms with Crippen LogP contribution in [0.5, 0.6) is 0 Å². The average molecular weight is 309 g/mol. The van der Waals surface area contributed by atoms with Gasteiger partial charge in [-0.1, -0.05) is 82.6 Å². The summed E-state index contributed by atoms with van der Waals surface area (Å²) < 4.78 is 0. The summed E-state index contributed by atoms with van der Waals surface area (Å²) in [6, 6.07) is 0. The maximum Gasteiger partial charge on any atom is 0.303 e. The Balaban J connectivity index is 3.17. The quantitative estimate of drug-likeness (QED) is 0.255. The molecule has 22 heavy (non-hydrogen) atoms. The van der Waals surface area contributed by atoms with Crippen molar-refractivity contribution in [3.63, 3.8) is 0 Å². The van der Waals surface area contributed by atoms with Gasteiger partial charge in [0.2, 0.25) is 0 Å². The highest BCUT2D eigenvalue weighted by atomic mass is 16.4. The molecule has 0 amide bonds. The van der Waals surface area contributed by atoms with Crippen LogP contribution in [0.4, 0.5) is 0 Å². The first-order valence-corrected chi connectivity index (χ1v) is 9.30. The second-order valence-electron chi connectivity index (χ2n) is 6.11. The van der Waals surface area contributed by atoms with Crippen LogP contribution >= 0.6 is 0 Å². The highest BCUT2D eigenvalue weighted by molar-refractivity contribution is 5.66. The molecule has 0 saturated carbocycles. The molecule has 0 spiro atoms. The molecule has 0 aromatic heterocycles. The second-order valence-corrected chi connectivity index (χ2v) is 6.11. The third-order valence-corrected chi connectivity index (χ3v) is 3.87. The van der Waals surface area contributed by atoms with Gasteiger partial charge in [0.25, 0.3) is 0 Å². The zero-order valence-corrected chi connectivity index (χ0v) is 14.6. The molecule has 0 rings (SSSR count). The number of carboxylic acids is 1. The van der Waals surface area contributed by atoms with E-state index < -0.39 is 5.97 Å². The highest BCUT2D eigenvalue weighted by Gasteiger charge is 1.96. The van der Waals surface area contributed by atoms with E-state index in [1.54, 1.807) is 0 Å². The number of allylic oxidation sites excluding steroid dienone is 4.